The lowest BCUT2D eigenvalue weighted by Crippen LogP contribution is -2.54. The molecule has 0 spiro atoms. The first-order chi connectivity index (χ1) is 13.9. The van der Waals surface area contributed by atoms with E-state index < -0.39 is 5.54 Å². The number of aromatic nitrogens is 1. The summed E-state index contributed by atoms with van der Waals surface area (Å²) < 4.78 is 5.92. The Hall–Kier alpha value is -2.12. The van der Waals surface area contributed by atoms with Crippen LogP contribution >= 0.6 is 0 Å². The van der Waals surface area contributed by atoms with Gasteiger partial charge in [-0.25, -0.2) is 0 Å². The predicted molar refractivity (Wildman–Crippen MR) is 113 cm³/mol. The van der Waals surface area contributed by atoms with Crippen LogP contribution in [0.15, 0.2) is 28.7 Å². The smallest absolute Gasteiger partial charge is 0.298 e. The number of oxazole rings is 1. The molecule has 0 aliphatic carbocycles. The van der Waals surface area contributed by atoms with Crippen LogP contribution in [0, 0.1) is 5.92 Å². The fourth-order valence-corrected chi connectivity index (χ4v) is 4.44. The lowest BCUT2D eigenvalue weighted by Gasteiger charge is -2.42. The summed E-state index contributed by atoms with van der Waals surface area (Å²) in [6.07, 6.45) is 4.07. The Labute approximate surface area is 172 Å². The molecule has 3 heterocycles. The van der Waals surface area contributed by atoms with Gasteiger partial charge in [0.15, 0.2) is 5.58 Å². The van der Waals surface area contributed by atoms with E-state index in [-0.39, 0.29) is 18.4 Å². The van der Waals surface area contributed by atoms with Gasteiger partial charge in [0.05, 0.1) is 18.1 Å². The molecular weight excluding hydrogens is 368 g/mol. The summed E-state index contributed by atoms with van der Waals surface area (Å²) in [7, 11) is 0. The van der Waals surface area contributed by atoms with E-state index in [1.165, 1.54) is 0 Å². The molecule has 1 amide bonds. The molecule has 0 bridgehead atoms. The molecule has 2 aliphatic rings. The summed E-state index contributed by atoms with van der Waals surface area (Å²) in [5, 5.41) is 12.4. The molecule has 158 valence electrons. The Kier molecular flexibility index (Phi) is 5.79. The third kappa shape index (κ3) is 4.56. The molecule has 29 heavy (non-hydrogen) atoms. The molecule has 2 saturated heterocycles. The summed E-state index contributed by atoms with van der Waals surface area (Å²) in [6, 6.07) is 9.09. The average Bonchev–Trinajstić information content (AvgIpc) is 3.18. The highest BCUT2D eigenvalue weighted by Crippen LogP contribution is 2.28. The standard InChI is InChI=1S/C22H32N4O3/c1-22(2,15-27)24-20(28)16-6-5-11-26(14-16)17-9-12-25(13-10-17)21-23-18-7-3-4-8-19(18)29-21/h3-4,7-8,16-17,27H,5-6,9-15H2,1-2H3,(H,24,28)/t16-/m0/s1. The highest BCUT2D eigenvalue weighted by Gasteiger charge is 2.33. The van der Waals surface area contributed by atoms with Gasteiger partial charge in [0.1, 0.15) is 5.52 Å². The van der Waals surface area contributed by atoms with E-state index in [9.17, 15) is 9.90 Å². The Balaban J connectivity index is 1.32. The number of hydrogen-bond donors (Lipinski definition) is 2. The van der Waals surface area contributed by atoms with E-state index in [2.05, 4.69) is 20.1 Å². The number of nitrogens with zero attached hydrogens (tertiary/aromatic N) is 3. The third-order valence-electron chi connectivity index (χ3n) is 6.21. The van der Waals surface area contributed by atoms with Gasteiger partial charge in [0, 0.05) is 25.7 Å². The number of amides is 1. The average molecular weight is 401 g/mol. The lowest BCUT2D eigenvalue weighted by atomic mass is 9.92. The van der Waals surface area contributed by atoms with Crippen LogP contribution in [-0.2, 0) is 4.79 Å². The maximum Gasteiger partial charge on any atom is 0.298 e. The van der Waals surface area contributed by atoms with Crippen molar-refractivity contribution in [2.75, 3.05) is 37.7 Å². The fourth-order valence-electron chi connectivity index (χ4n) is 4.44. The van der Waals surface area contributed by atoms with Crippen LogP contribution in [0.5, 0.6) is 0 Å². The summed E-state index contributed by atoms with van der Waals surface area (Å²) >= 11 is 0. The summed E-state index contributed by atoms with van der Waals surface area (Å²) in [6.45, 7) is 7.36. The van der Waals surface area contributed by atoms with Crippen molar-refractivity contribution >= 4 is 23.0 Å². The number of aliphatic hydroxyl groups excluding tert-OH is 1. The minimum atomic E-state index is -0.565. The molecule has 0 radical (unpaired) electrons. The van der Waals surface area contributed by atoms with E-state index in [4.69, 9.17) is 4.42 Å². The van der Waals surface area contributed by atoms with Crippen molar-refractivity contribution in [2.24, 2.45) is 5.92 Å². The minimum Gasteiger partial charge on any atom is -0.423 e. The molecule has 1 aromatic carbocycles. The van der Waals surface area contributed by atoms with Crippen LogP contribution in [-0.4, -0.2) is 65.3 Å². The van der Waals surface area contributed by atoms with Gasteiger partial charge in [-0.15, -0.1) is 0 Å². The van der Waals surface area contributed by atoms with Crippen molar-refractivity contribution in [3.05, 3.63) is 24.3 Å². The second kappa shape index (κ2) is 8.32. The maximum absolute atomic E-state index is 12.6. The number of nitrogens with one attached hydrogen (secondary N) is 1. The van der Waals surface area contributed by atoms with Crippen LogP contribution in [0.1, 0.15) is 39.5 Å². The Morgan fingerprint density at radius 2 is 2.00 bits per heavy atom. The largest absolute Gasteiger partial charge is 0.423 e. The van der Waals surface area contributed by atoms with Crippen molar-refractivity contribution < 1.29 is 14.3 Å². The summed E-state index contributed by atoms with van der Waals surface area (Å²) in [4.78, 5) is 22.0. The van der Waals surface area contributed by atoms with E-state index in [1.807, 2.05) is 38.1 Å². The molecule has 2 aromatic rings. The van der Waals surface area contributed by atoms with Gasteiger partial charge < -0.3 is 19.7 Å². The number of benzene rings is 1. The normalized spacial score (nSPS) is 22.2. The zero-order valence-electron chi connectivity index (χ0n) is 17.4. The van der Waals surface area contributed by atoms with Crippen LogP contribution in [0.4, 0.5) is 6.01 Å². The van der Waals surface area contributed by atoms with Crippen molar-refractivity contribution in [3.8, 4) is 0 Å². The number of fused-ring (bicyclic) bond motifs is 1. The van der Waals surface area contributed by atoms with Gasteiger partial charge in [-0.3, -0.25) is 9.69 Å². The van der Waals surface area contributed by atoms with Gasteiger partial charge >= 0.3 is 0 Å². The van der Waals surface area contributed by atoms with E-state index in [0.29, 0.717) is 12.1 Å². The van der Waals surface area contributed by atoms with Gasteiger partial charge in [-0.1, -0.05) is 12.1 Å². The molecular formula is C22H32N4O3. The molecule has 2 N–H and O–H groups in total. The topological polar surface area (TPSA) is 81.8 Å². The first kappa shape index (κ1) is 20.2. The number of anilines is 1. The van der Waals surface area contributed by atoms with Crippen molar-refractivity contribution in [3.63, 3.8) is 0 Å². The summed E-state index contributed by atoms with van der Waals surface area (Å²) in [5.41, 5.74) is 1.17. The minimum absolute atomic E-state index is 0.00430. The van der Waals surface area contributed by atoms with Gasteiger partial charge in [-0.05, 0) is 58.2 Å². The SMILES string of the molecule is CC(C)(CO)NC(=O)[C@H]1CCCN(C2CCN(c3nc4ccccc4o3)CC2)C1. The first-order valence-corrected chi connectivity index (χ1v) is 10.7. The molecule has 1 aromatic heterocycles. The second-order valence-corrected chi connectivity index (χ2v) is 9.05. The highest BCUT2D eigenvalue weighted by molar-refractivity contribution is 5.79. The number of para-hydroxylation sites is 2. The number of carbonyl (C=O) groups is 1. The zero-order chi connectivity index (χ0) is 20.4. The Morgan fingerprint density at radius 1 is 1.24 bits per heavy atom. The monoisotopic (exact) mass is 400 g/mol. The van der Waals surface area contributed by atoms with Crippen LogP contribution in [0.25, 0.3) is 11.1 Å². The summed E-state index contributed by atoms with van der Waals surface area (Å²) in [5.74, 6) is 0.0716. The molecule has 7 nitrogen and oxygen atoms in total. The predicted octanol–water partition coefficient (Wildman–Crippen LogP) is 2.40. The maximum atomic E-state index is 12.6. The number of hydrogen-bond acceptors (Lipinski definition) is 6. The van der Waals surface area contributed by atoms with Crippen molar-refractivity contribution in [2.45, 2.75) is 51.1 Å². The number of piperidine rings is 2. The molecule has 2 fully saturated rings. The van der Waals surface area contributed by atoms with Crippen molar-refractivity contribution in [1.29, 1.82) is 0 Å². The Morgan fingerprint density at radius 3 is 2.72 bits per heavy atom. The van der Waals surface area contributed by atoms with E-state index in [1.54, 1.807) is 0 Å². The quantitative estimate of drug-likeness (QED) is 0.802. The molecule has 0 saturated carbocycles. The number of aliphatic hydroxyl groups is 1. The molecule has 2 aliphatic heterocycles. The fraction of sp³-hybridized carbons (Fsp3) is 0.636. The molecule has 0 unspecified atom stereocenters. The number of rotatable bonds is 5. The van der Waals surface area contributed by atoms with E-state index >= 15 is 0 Å². The van der Waals surface area contributed by atoms with Gasteiger partial charge in [0.25, 0.3) is 6.01 Å². The molecule has 7 heteroatoms. The van der Waals surface area contributed by atoms with Gasteiger partial charge in [-0.2, -0.15) is 4.98 Å². The van der Waals surface area contributed by atoms with Crippen LogP contribution in [0.2, 0.25) is 0 Å². The van der Waals surface area contributed by atoms with Crippen LogP contribution in [0.3, 0.4) is 0 Å². The number of carbonyl (C=O) groups excluding carboxylic acids is 1. The third-order valence-corrected chi connectivity index (χ3v) is 6.21. The lowest BCUT2D eigenvalue weighted by molar-refractivity contribution is -0.129. The molecule has 4 rings (SSSR count). The second-order valence-electron chi connectivity index (χ2n) is 9.05. The zero-order valence-corrected chi connectivity index (χ0v) is 17.4. The molecule has 1 atom stereocenters. The van der Waals surface area contributed by atoms with Gasteiger partial charge in [0.2, 0.25) is 5.91 Å². The Bertz CT molecular complexity index is 808. The highest BCUT2D eigenvalue weighted by atomic mass is 16.4. The van der Waals surface area contributed by atoms with Crippen molar-refractivity contribution in [1.82, 2.24) is 15.2 Å². The van der Waals surface area contributed by atoms with E-state index in [0.717, 1.165) is 63.0 Å². The number of likely N-dealkylation sites (tertiary alicyclic amines) is 1. The van der Waals surface area contributed by atoms with Crippen LogP contribution < -0.4 is 10.2 Å². The first-order valence-electron chi connectivity index (χ1n) is 10.7.